The molecule has 5 rings (SSSR count). The number of aryl methyl sites for hydroxylation is 2. The van der Waals surface area contributed by atoms with E-state index in [4.69, 9.17) is 9.26 Å². The minimum absolute atomic E-state index is 0.786. The van der Waals surface area contributed by atoms with Crippen molar-refractivity contribution < 1.29 is 9.26 Å². The number of fused-ring (bicyclic) bond motifs is 1. The third-order valence-corrected chi connectivity index (χ3v) is 5.00. The Morgan fingerprint density at radius 2 is 1.72 bits per heavy atom. The molecule has 0 saturated carbocycles. The van der Waals surface area contributed by atoms with Gasteiger partial charge in [0.1, 0.15) is 22.9 Å². The lowest BCUT2D eigenvalue weighted by Crippen LogP contribution is -1.89. The van der Waals surface area contributed by atoms with Gasteiger partial charge < -0.3 is 14.2 Å². The third-order valence-electron chi connectivity index (χ3n) is 5.00. The molecule has 0 aliphatic carbocycles. The summed E-state index contributed by atoms with van der Waals surface area (Å²) in [6.45, 7) is 3.87. The van der Waals surface area contributed by atoms with Crippen LogP contribution >= 0.6 is 0 Å². The van der Waals surface area contributed by atoms with Gasteiger partial charge in [-0.3, -0.25) is 0 Å². The molecule has 0 aliphatic rings. The van der Waals surface area contributed by atoms with E-state index in [1.54, 1.807) is 0 Å². The molecule has 0 amide bonds. The van der Waals surface area contributed by atoms with E-state index in [9.17, 15) is 0 Å². The summed E-state index contributed by atoms with van der Waals surface area (Å²) in [7, 11) is 0. The van der Waals surface area contributed by atoms with Crippen molar-refractivity contribution in [2.24, 2.45) is 0 Å². The highest BCUT2D eigenvalue weighted by Gasteiger charge is 2.17. The van der Waals surface area contributed by atoms with Crippen molar-refractivity contribution >= 4 is 11.0 Å². The predicted octanol–water partition coefficient (Wildman–Crippen LogP) is 6.29. The van der Waals surface area contributed by atoms with E-state index in [-0.39, 0.29) is 0 Å². The SMILES string of the molecule is Cc1noc(C)c1-c1c[nH]c2ncc(-c3ccccc3Oc3ccccc3)cc12. The zero-order valence-corrected chi connectivity index (χ0v) is 16.1. The Labute approximate surface area is 168 Å². The molecule has 1 N–H and O–H groups in total. The predicted molar refractivity (Wildman–Crippen MR) is 113 cm³/mol. The Morgan fingerprint density at radius 1 is 0.931 bits per heavy atom. The molecule has 0 aliphatic heterocycles. The van der Waals surface area contributed by atoms with Gasteiger partial charge >= 0.3 is 0 Å². The number of ether oxygens (including phenoxy) is 1. The fourth-order valence-corrected chi connectivity index (χ4v) is 3.63. The van der Waals surface area contributed by atoms with Gasteiger partial charge in [0.25, 0.3) is 0 Å². The van der Waals surface area contributed by atoms with Crippen LogP contribution in [0.25, 0.3) is 33.3 Å². The molecule has 2 aromatic carbocycles. The van der Waals surface area contributed by atoms with Crippen LogP contribution in [-0.2, 0) is 0 Å². The molecule has 3 heterocycles. The van der Waals surface area contributed by atoms with Gasteiger partial charge in [-0.15, -0.1) is 0 Å². The Morgan fingerprint density at radius 3 is 2.52 bits per heavy atom. The number of pyridine rings is 1. The molecule has 0 fully saturated rings. The number of aromatic amines is 1. The summed E-state index contributed by atoms with van der Waals surface area (Å²) in [4.78, 5) is 7.89. The second kappa shape index (κ2) is 6.95. The first-order valence-electron chi connectivity index (χ1n) is 9.43. The first-order valence-corrected chi connectivity index (χ1v) is 9.43. The minimum Gasteiger partial charge on any atom is -0.457 e. The molecule has 5 nitrogen and oxygen atoms in total. The first kappa shape index (κ1) is 17.3. The van der Waals surface area contributed by atoms with Crippen molar-refractivity contribution in [3.05, 3.63) is 84.5 Å². The molecule has 3 aromatic heterocycles. The lowest BCUT2D eigenvalue weighted by Gasteiger charge is -2.11. The zero-order chi connectivity index (χ0) is 19.8. The van der Waals surface area contributed by atoms with Crippen LogP contribution in [-0.4, -0.2) is 15.1 Å². The largest absolute Gasteiger partial charge is 0.457 e. The fraction of sp³-hybridized carbons (Fsp3) is 0.0833. The Bertz CT molecular complexity index is 1280. The Balaban J connectivity index is 1.63. The number of H-pyrrole nitrogens is 1. The normalized spacial score (nSPS) is 11.1. The van der Waals surface area contributed by atoms with Gasteiger partial charge in [0.05, 0.1) is 5.69 Å². The van der Waals surface area contributed by atoms with Gasteiger partial charge in [0.2, 0.25) is 0 Å². The highest BCUT2D eigenvalue weighted by Crippen LogP contribution is 2.37. The quantitative estimate of drug-likeness (QED) is 0.397. The van der Waals surface area contributed by atoms with E-state index in [0.717, 1.165) is 56.2 Å². The smallest absolute Gasteiger partial charge is 0.141 e. The Kier molecular flexibility index (Phi) is 4.13. The van der Waals surface area contributed by atoms with Crippen molar-refractivity contribution in [2.75, 3.05) is 0 Å². The Hall–Kier alpha value is -3.86. The minimum atomic E-state index is 0.786. The molecule has 0 atom stereocenters. The maximum atomic E-state index is 6.14. The summed E-state index contributed by atoms with van der Waals surface area (Å²) in [5.74, 6) is 2.38. The van der Waals surface area contributed by atoms with E-state index in [2.05, 4.69) is 21.2 Å². The van der Waals surface area contributed by atoms with Crippen LogP contribution in [0.2, 0.25) is 0 Å². The summed E-state index contributed by atoms with van der Waals surface area (Å²) in [5.41, 5.74) is 5.69. The third kappa shape index (κ3) is 3.06. The molecule has 5 aromatic rings. The summed E-state index contributed by atoms with van der Waals surface area (Å²) < 4.78 is 11.5. The zero-order valence-electron chi connectivity index (χ0n) is 16.1. The van der Waals surface area contributed by atoms with E-state index in [0.29, 0.717) is 0 Å². The summed E-state index contributed by atoms with van der Waals surface area (Å²) >= 11 is 0. The number of benzene rings is 2. The number of aromatic nitrogens is 3. The second-order valence-corrected chi connectivity index (χ2v) is 6.93. The molecular weight excluding hydrogens is 362 g/mol. The molecule has 0 radical (unpaired) electrons. The van der Waals surface area contributed by atoms with Crippen molar-refractivity contribution in [1.29, 1.82) is 0 Å². The van der Waals surface area contributed by atoms with E-state index < -0.39 is 0 Å². The highest BCUT2D eigenvalue weighted by molar-refractivity contribution is 5.97. The van der Waals surface area contributed by atoms with Crippen LogP contribution in [0, 0.1) is 13.8 Å². The summed E-state index contributed by atoms with van der Waals surface area (Å²) in [6, 6.07) is 19.9. The lowest BCUT2D eigenvalue weighted by molar-refractivity contribution is 0.393. The van der Waals surface area contributed by atoms with Gasteiger partial charge in [-0.05, 0) is 38.1 Å². The van der Waals surface area contributed by atoms with E-state index in [1.165, 1.54) is 0 Å². The molecule has 0 spiro atoms. The number of nitrogens with one attached hydrogen (secondary N) is 1. The van der Waals surface area contributed by atoms with Crippen molar-refractivity contribution in [3.63, 3.8) is 0 Å². The van der Waals surface area contributed by atoms with Crippen LogP contribution in [0.15, 0.2) is 77.6 Å². The van der Waals surface area contributed by atoms with Crippen LogP contribution in [0.5, 0.6) is 11.5 Å². The van der Waals surface area contributed by atoms with Crippen LogP contribution in [0.4, 0.5) is 0 Å². The van der Waals surface area contributed by atoms with Gasteiger partial charge in [-0.25, -0.2) is 4.98 Å². The maximum absolute atomic E-state index is 6.14. The monoisotopic (exact) mass is 381 g/mol. The van der Waals surface area contributed by atoms with Crippen molar-refractivity contribution in [1.82, 2.24) is 15.1 Å². The molecule has 0 bridgehead atoms. The van der Waals surface area contributed by atoms with Crippen molar-refractivity contribution in [2.45, 2.75) is 13.8 Å². The van der Waals surface area contributed by atoms with Gasteiger partial charge in [-0.2, -0.15) is 0 Å². The summed E-state index contributed by atoms with van der Waals surface area (Å²) in [6.07, 6.45) is 3.82. The van der Waals surface area contributed by atoms with Gasteiger partial charge in [-0.1, -0.05) is 41.6 Å². The standard InChI is InChI=1S/C24H19N3O2/c1-15-23(16(2)29-27-15)21-14-26-24-20(21)12-17(13-25-24)19-10-6-7-11-22(19)28-18-8-4-3-5-9-18/h3-14H,1-2H3,(H,25,26). The van der Waals surface area contributed by atoms with Crippen molar-refractivity contribution in [3.8, 4) is 33.8 Å². The highest BCUT2D eigenvalue weighted by atomic mass is 16.5. The summed E-state index contributed by atoms with van der Waals surface area (Å²) in [5, 5.41) is 5.11. The average molecular weight is 381 g/mol. The van der Waals surface area contributed by atoms with Gasteiger partial charge in [0.15, 0.2) is 0 Å². The number of hydrogen-bond acceptors (Lipinski definition) is 4. The van der Waals surface area contributed by atoms with Crippen LogP contribution < -0.4 is 4.74 Å². The average Bonchev–Trinajstić information content (AvgIpc) is 3.31. The molecular formula is C24H19N3O2. The number of nitrogens with zero attached hydrogens (tertiary/aromatic N) is 2. The lowest BCUT2D eigenvalue weighted by atomic mass is 10.0. The molecule has 5 heteroatoms. The molecule has 0 saturated heterocycles. The van der Waals surface area contributed by atoms with Gasteiger partial charge in [0, 0.05) is 40.0 Å². The number of rotatable bonds is 4. The first-order chi connectivity index (χ1) is 14.2. The number of hydrogen-bond donors (Lipinski definition) is 1. The van der Waals surface area contributed by atoms with Crippen LogP contribution in [0.3, 0.4) is 0 Å². The second-order valence-electron chi connectivity index (χ2n) is 6.93. The van der Waals surface area contributed by atoms with E-state index in [1.807, 2.05) is 80.8 Å². The topological polar surface area (TPSA) is 63.9 Å². The number of para-hydroxylation sites is 2. The van der Waals surface area contributed by atoms with Crippen LogP contribution in [0.1, 0.15) is 11.5 Å². The molecule has 0 unspecified atom stereocenters. The van der Waals surface area contributed by atoms with E-state index >= 15 is 0 Å². The maximum Gasteiger partial charge on any atom is 0.141 e. The molecule has 142 valence electrons. The fourth-order valence-electron chi connectivity index (χ4n) is 3.63. The molecule has 29 heavy (non-hydrogen) atoms.